The van der Waals surface area contributed by atoms with Crippen LogP contribution in [0.15, 0.2) is 52.6 Å². The number of benzene rings is 1. The number of fused-ring (bicyclic) bond motifs is 1. The van der Waals surface area contributed by atoms with Gasteiger partial charge in [-0.25, -0.2) is 15.0 Å². The first-order valence-corrected chi connectivity index (χ1v) is 7.20. The Morgan fingerprint density at radius 3 is 2.70 bits per heavy atom. The van der Waals surface area contributed by atoms with Crippen LogP contribution in [0.25, 0.3) is 10.9 Å². The molecular weight excluding hydrogens is 292 g/mol. The highest BCUT2D eigenvalue weighted by molar-refractivity contribution is 7.99. The lowest BCUT2D eigenvalue weighted by Gasteiger charge is -2.08. The molecule has 1 aromatic carbocycles. The number of rotatable bonds is 3. The zero-order valence-electron chi connectivity index (χ0n) is 10.7. The first-order valence-electron chi connectivity index (χ1n) is 6.01. The third-order valence-electron chi connectivity index (χ3n) is 2.71. The maximum atomic E-state index is 6.16. The SMILES string of the molecule is CNc1nc(Sc2ncccc2Cl)c2ccccc2n1. The van der Waals surface area contributed by atoms with Gasteiger partial charge in [0.15, 0.2) is 0 Å². The molecule has 0 saturated heterocycles. The van der Waals surface area contributed by atoms with Gasteiger partial charge in [-0.05, 0) is 30.0 Å². The summed E-state index contributed by atoms with van der Waals surface area (Å²) in [5.41, 5.74) is 0.890. The molecule has 1 N–H and O–H groups in total. The van der Waals surface area contributed by atoms with Crippen LogP contribution in [0.4, 0.5) is 5.95 Å². The number of nitrogens with one attached hydrogen (secondary N) is 1. The zero-order chi connectivity index (χ0) is 13.9. The van der Waals surface area contributed by atoms with Crippen molar-refractivity contribution in [2.24, 2.45) is 0 Å². The number of anilines is 1. The van der Waals surface area contributed by atoms with Crippen LogP contribution >= 0.6 is 23.4 Å². The Balaban J connectivity index is 2.13. The quantitative estimate of drug-likeness (QED) is 0.744. The molecule has 0 radical (unpaired) electrons. The Morgan fingerprint density at radius 1 is 1.05 bits per heavy atom. The molecule has 3 rings (SSSR count). The van der Waals surface area contributed by atoms with Gasteiger partial charge in [-0.2, -0.15) is 0 Å². The molecule has 0 fully saturated rings. The van der Waals surface area contributed by atoms with Crippen LogP contribution < -0.4 is 5.32 Å². The van der Waals surface area contributed by atoms with Crippen molar-refractivity contribution in [3.63, 3.8) is 0 Å². The van der Waals surface area contributed by atoms with Gasteiger partial charge in [-0.1, -0.05) is 29.8 Å². The lowest BCUT2D eigenvalue weighted by Crippen LogP contribution is -1.98. The van der Waals surface area contributed by atoms with Crippen molar-refractivity contribution in [3.8, 4) is 0 Å². The Labute approximate surface area is 125 Å². The average Bonchev–Trinajstić information content (AvgIpc) is 2.49. The van der Waals surface area contributed by atoms with Gasteiger partial charge in [-0.15, -0.1) is 0 Å². The molecule has 4 nitrogen and oxygen atoms in total. The molecule has 100 valence electrons. The summed E-state index contributed by atoms with van der Waals surface area (Å²) in [4.78, 5) is 13.2. The van der Waals surface area contributed by atoms with Crippen molar-refractivity contribution in [2.75, 3.05) is 12.4 Å². The summed E-state index contributed by atoms with van der Waals surface area (Å²) in [7, 11) is 1.80. The lowest BCUT2D eigenvalue weighted by molar-refractivity contribution is 1.08. The lowest BCUT2D eigenvalue weighted by atomic mass is 10.2. The maximum Gasteiger partial charge on any atom is 0.224 e. The summed E-state index contributed by atoms with van der Waals surface area (Å²) in [5.74, 6) is 0.582. The minimum atomic E-state index is 0.582. The summed E-state index contributed by atoms with van der Waals surface area (Å²) in [6.07, 6.45) is 1.72. The minimum Gasteiger partial charge on any atom is -0.357 e. The van der Waals surface area contributed by atoms with Crippen LogP contribution in [0.5, 0.6) is 0 Å². The van der Waals surface area contributed by atoms with Gasteiger partial charge in [0.1, 0.15) is 10.1 Å². The third kappa shape index (κ3) is 2.55. The predicted octanol–water partition coefficient (Wildman–Crippen LogP) is 3.87. The number of pyridine rings is 1. The van der Waals surface area contributed by atoms with Gasteiger partial charge < -0.3 is 5.32 Å². The molecule has 0 saturated carbocycles. The predicted molar refractivity (Wildman–Crippen MR) is 82.5 cm³/mol. The smallest absolute Gasteiger partial charge is 0.224 e. The second kappa shape index (κ2) is 5.64. The Kier molecular flexibility index (Phi) is 3.71. The summed E-state index contributed by atoms with van der Waals surface area (Å²) >= 11 is 7.60. The number of halogens is 1. The van der Waals surface area contributed by atoms with E-state index < -0.39 is 0 Å². The Bertz CT molecular complexity index is 763. The molecule has 20 heavy (non-hydrogen) atoms. The van der Waals surface area contributed by atoms with Crippen molar-refractivity contribution >= 4 is 40.2 Å². The summed E-state index contributed by atoms with van der Waals surface area (Å²) in [6, 6.07) is 11.5. The third-order valence-corrected chi connectivity index (χ3v) is 4.15. The van der Waals surface area contributed by atoms with Gasteiger partial charge >= 0.3 is 0 Å². The molecule has 6 heteroatoms. The summed E-state index contributed by atoms with van der Waals surface area (Å²) in [6.45, 7) is 0. The average molecular weight is 303 g/mol. The van der Waals surface area contributed by atoms with Crippen LogP contribution in [-0.2, 0) is 0 Å². The van der Waals surface area contributed by atoms with Crippen molar-refractivity contribution in [1.29, 1.82) is 0 Å². The topological polar surface area (TPSA) is 50.7 Å². The van der Waals surface area contributed by atoms with Crippen molar-refractivity contribution in [1.82, 2.24) is 15.0 Å². The molecule has 2 heterocycles. The molecule has 0 atom stereocenters. The van der Waals surface area contributed by atoms with Gasteiger partial charge in [0.2, 0.25) is 5.95 Å². The van der Waals surface area contributed by atoms with Crippen molar-refractivity contribution in [3.05, 3.63) is 47.6 Å². The van der Waals surface area contributed by atoms with Crippen LogP contribution in [0.1, 0.15) is 0 Å². The van der Waals surface area contributed by atoms with Crippen molar-refractivity contribution in [2.45, 2.75) is 10.1 Å². The number of aromatic nitrogens is 3. The monoisotopic (exact) mass is 302 g/mol. The number of hydrogen-bond donors (Lipinski definition) is 1. The molecule has 0 bridgehead atoms. The number of hydrogen-bond acceptors (Lipinski definition) is 5. The highest BCUT2D eigenvalue weighted by Gasteiger charge is 2.11. The van der Waals surface area contributed by atoms with E-state index >= 15 is 0 Å². The van der Waals surface area contributed by atoms with E-state index in [2.05, 4.69) is 20.3 Å². The van der Waals surface area contributed by atoms with Crippen molar-refractivity contribution < 1.29 is 0 Å². The standard InChI is InChI=1S/C14H11ClN4S/c1-16-14-18-11-7-3-2-5-9(11)12(19-14)20-13-10(15)6-4-8-17-13/h2-8H,1H3,(H,16,18,19). The van der Waals surface area contributed by atoms with E-state index in [1.165, 1.54) is 11.8 Å². The van der Waals surface area contributed by atoms with E-state index in [-0.39, 0.29) is 0 Å². The van der Waals surface area contributed by atoms with E-state index in [4.69, 9.17) is 11.6 Å². The van der Waals surface area contributed by atoms with E-state index in [9.17, 15) is 0 Å². The first-order chi connectivity index (χ1) is 9.78. The Hall–Kier alpha value is -1.85. The van der Waals surface area contributed by atoms with Crippen LogP contribution in [0.2, 0.25) is 5.02 Å². The first kappa shape index (κ1) is 13.1. The molecule has 0 aliphatic heterocycles. The zero-order valence-corrected chi connectivity index (χ0v) is 12.2. The van der Waals surface area contributed by atoms with Gasteiger partial charge in [-0.3, -0.25) is 0 Å². The molecule has 0 amide bonds. The summed E-state index contributed by atoms with van der Waals surface area (Å²) < 4.78 is 0. The molecule has 0 aliphatic carbocycles. The normalized spacial score (nSPS) is 10.7. The molecular formula is C14H11ClN4S. The van der Waals surface area contributed by atoms with Crippen LogP contribution in [-0.4, -0.2) is 22.0 Å². The minimum absolute atomic E-state index is 0.582. The second-order valence-electron chi connectivity index (χ2n) is 4.01. The van der Waals surface area contributed by atoms with E-state index in [1.54, 1.807) is 13.2 Å². The fourth-order valence-electron chi connectivity index (χ4n) is 1.77. The number of nitrogens with zero attached hydrogens (tertiary/aromatic N) is 3. The molecule has 0 spiro atoms. The van der Waals surface area contributed by atoms with Crippen LogP contribution in [0, 0.1) is 0 Å². The summed E-state index contributed by atoms with van der Waals surface area (Å²) in [5, 5.41) is 6.14. The highest BCUT2D eigenvalue weighted by atomic mass is 35.5. The number of para-hydroxylation sites is 1. The fraction of sp³-hybridized carbons (Fsp3) is 0.0714. The van der Waals surface area contributed by atoms with E-state index in [1.807, 2.05) is 36.4 Å². The second-order valence-corrected chi connectivity index (χ2v) is 5.40. The molecule has 0 unspecified atom stereocenters. The highest BCUT2D eigenvalue weighted by Crippen LogP contribution is 2.34. The van der Waals surface area contributed by atoms with E-state index in [0.29, 0.717) is 11.0 Å². The van der Waals surface area contributed by atoms with E-state index in [0.717, 1.165) is 21.0 Å². The largest absolute Gasteiger partial charge is 0.357 e. The molecule has 0 aliphatic rings. The Morgan fingerprint density at radius 2 is 1.90 bits per heavy atom. The van der Waals surface area contributed by atoms with Gasteiger partial charge in [0.25, 0.3) is 0 Å². The van der Waals surface area contributed by atoms with Crippen LogP contribution in [0.3, 0.4) is 0 Å². The van der Waals surface area contributed by atoms with Gasteiger partial charge in [0.05, 0.1) is 10.5 Å². The molecule has 3 aromatic rings. The molecule has 2 aromatic heterocycles. The fourth-order valence-corrected chi connectivity index (χ4v) is 2.89. The van der Waals surface area contributed by atoms with Gasteiger partial charge in [0, 0.05) is 18.6 Å². The maximum absolute atomic E-state index is 6.16.